The van der Waals surface area contributed by atoms with Crippen molar-refractivity contribution in [1.82, 2.24) is 14.5 Å². The first kappa shape index (κ1) is 20.6. The van der Waals surface area contributed by atoms with Gasteiger partial charge in [0.15, 0.2) is 0 Å². The van der Waals surface area contributed by atoms with Crippen molar-refractivity contribution in [3.8, 4) is 0 Å². The molecule has 1 N–H and O–H groups in total. The van der Waals surface area contributed by atoms with Gasteiger partial charge in [-0.1, -0.05) is 18.2 Å². The molecule has 1 saturated heterocycles. The number of nitrogens with one attached hydrogen (secondary N) is 1. The fraction of sp³-hybridized carbons (Fsp3) is 0.450. The van der Waals surface area contributed by atoms with Gasteiger partial charge in [-0.15, -0.1) is 0 Å². The summed E-state index contributed by atoms with van der Waals surface area (Å²) in [6.07, 6.45) is 2.66. The van der Waals surface area contributed by atoms with E-state index in [1.165, 1.54) is 4.31 Å². The van der Waals surface area contributed by atoms with E-state index in [0.29, 0.717) is 37.4 Å². The van der Waals surface area contributed by atoms with Crippen LogP contribution in [0, 0.1) is 5.92 Å². The number of furan rings is 1. The summed E-state index contributed by atoms with van der Waals surface area (Å²) in [6, 6.07) is 12.1. The summed E-state index contributed by atoms with van der Waals surface area (Å²) in [4.78, 5) is 14.9. The topological polar surface area (TPSA) is 82.9 Å². The Labute approximate surface area is 166 Å². The highest BCUT2D eigenvalue weighted by Gasteiger charge is 2.32. The second-order valence-corrected chi connectivity index (χ2v) is 9.17. The second kappa shape index (κ2) is 8.89. The number of amides is 1. The highest BCUT2D eigenvalue weighted by Crippen LogP contribution is 2.24. The van der Waals surface area contributed by atoms with Crippen LogP contribution in [-0.4, -0.2) is 57.3 Å². The number of hydrogen-bond donors (Lipinski definition) is 1. The Morgan fingerprint density at radius 3 is 2.43 bits per heavy atom. The Hall–Kier alpha value is -2.16. The first-order valence-electron chi connectivity index (χ1n) is 9.42. The number of carbonyl (C=O) groups excluding carboxylic acids is 1. The van der Waals surface area contributed by atoms with Crippen LogP contribution in [0.25, 0.3) is 0 Å². The molecule has 0 spiro atoms. The fourth-order valence-corrected chi connectivity index (χ4v) is 4.95. The average Bonchev–Trinajstić information content (AvgIpc) is 3.23. The van der Waals surface area contributed by atoms with Gasteiger partial charge in [0.25, 0.3) is 0 Å². The van der Waals surface area contributed by atoms with Gasteiger partial charge < -0.3 is 9.73 Å². The Morgan fingerprint density at radius 2 is 1.86 bits per heavy atom. The molecular formula is C20H27N3O4S. The maximum atomic E-state index is 12.7. The number of nitrogens with zero attached hydrogens (tertiary/aromatic N) is 2. The van der Waals surface area contributed by atoms with Crippen molar-refractivity contribution < 1.29 is 17.6 Å². The summed E-state index contributed by atoms with van der Waals surface area (Å²) in [5.74, 6) is 0.589. The van der Waals surface area contributed by atoms with Gasteiger partial charge in [0.05, 0.1) is 17.2 Å². The molecule has 152 valence electrons. The van der Waals surface area contributed by atoms with Gasteiger partial charge in [-0.05, 0) is 51.2 Å². The van der Waals surface area contributed by atoms with Crippen LogP contribution < -0.4 is 5.32 Å². The zero-order valence-corrected chi connectivity index (χ0v) is 17.1. The molecule has 1 unspecified atom stereocenters. The van der Waals surface area contributed by atoms with Crippen molar-refractivity contribution in [2.75, 3.05) is 33.7 Å². The van der Waals surface area contributed by atoms with Crippen molar-refractivity contribution in [3.63, 3.8) is 0 Å². The third-order valence-electron chi connectivity index (χ3n) is 5.17. The molecule has 7 nitrogen and oxygen atoms in total. The molecule has 28 heavy (non-hydrogen) atoms. The van der Waals surface area contributed by atoms with Crippen molar-refractivity contribution >= 4 is 15.9 Å². The molecule has 1 aromatic carbocycles. The van der Waals surface area contributed by atoms with Gasteiger partial charge in [-0.3, -0.25) is 9.69 Å². The largest absolute Gasteiger partial charge is 0.468 e. The van der Waals surface area contributed by atoms with Crippen molar-refractivity contribution in [1.29, 1.82) is 0 Å². The predicted octanol–water partition coefficient (Wildman–Crippen LogP) is 2.10. The third-order valence-corrected chi connectivity index (χ3v) is 7.08. The van der Waals surface area contributed by atoms with E-state index in [9.17, 15) is 13.2 Å². The number of benzene rings is 1. The number of carbonyl (C=O) groups is 1. The number of likely N-dealkylation sites (N-methyl/N-ethyl adjacent to an activating group) is 1. The van der Waals surface area contributed by atoms with Crippen LogP contribution in [-0.2, 0) is 14.8 Å². The van der Waals surface area contributed by atoms with E-state index in [-0.39, 0.29) is 17.9 Å². The van der Waals surface area contributed by atoms with Crippen LogP contribution >= 0.6 is 0 Å². The van der Waals surface area contributed by atoms with E-state index in [1.54, 1.807) is 36.6 Å². The molecule has 2 heterocycles. The van der Waals surface area contributed by atoms with Crippen LogP contribution in [0.15, 0.2) is 58.0 Å². The van der Waals surface area contributed by atoms with Gasteiger partial charge in [0, 0.05) is 25.6 Å². The predicted molar refractivity (Wildman–Crippen MR) is 106 cm³/mol. The lowest BCUT2D eigenvalue weighted by molar-refractivity contribution is -0.126. The summed E-state index contributed by atoms with van der Waals surface area (Å²) in [6.45, 7) is 1.15. The summed E-state index contributed by atoms with van der Waals surface area (Å²) in [5.41, 5.74) is 0. The highest BCUT2D eigenvalue weighted by molar-refractivity contribution is 7.89. The normalized spacial score (nSPS) is 17.5. The van der Waals surface area contributed by atoms with E-state index >= 15 is 0 Å². The molecule has 1 fully saturated rings. The summed E-state index contributed by atoms with van der Waals surface area (Å²) in [5, 5.41) is 3.00. The maximum Gasteiger partial charge on any atom is 0.243 e. The Kier molecular flexibility index (Phi) is 6.53. The molecule has 8 heteroatoms. The van der Waals surface area contributed by atoms with Gasteiger partial charge in [0.2, 0.25) is 15.9 Å². The summed E-state index contributed by atoms with van der Waals surface area (Å²) >= 11 is 0. The number of hydrogen-bond acceptors (Lipinski definition) is 5. The molecule has 1 aliphatic heterocycles. The van der Waals surface area contributed by atoms with Crippen LogP contribution in [0.1, 0.15) is 24.6 Å². The maximum absolute atomic E-state index is 12.7. The molecule has 2 aromatic rings. The van der Waals surface area contributed by atoms with E-state index in [2.05, 4.69) is 5.32 Å². The van der Waals surface area contributed by atoms with Crippen molar-refractivity contribution in [3.05, 3.63) is 54.5 Å². The Morgan fingerprint density at radius 1 is 1.18 bits per heavy atom. The molecule has 1 atom stereocenters. The van der Waals surface area contributed by atoms with Crippen LogP contribution in [0.2, 0.25) is 0 Å². The number of piperidine rings is 1. The monoisotopic (exact) mass is 405 g/mol. The molecule has 1 amide bonds. The van der Waals surface area contributed by atoms with E-state index in [4.69, 9.17) is 4.42 Å². The third kappa shape index (κ3) is 4.63. The lowest BCUT2D eigenvalue weighted by Crippen LogP contribution is -2.44. The first-order chi connectivity index (χ1) is 13.4. The van der Waals surface area contributed by atoms with Gasteiger partial charge in [-0.25, -0.2) is 8.42 Å². The summed E-state index contributed by atoms with van der Waals surface area (Å²) < 4.78 is 32.3. The lowest BCUT2D eigenvalue weighted by Gasteiger charge is -2.31. The molecule has 0 radical (unpaired) electrons. The number of sulfonamides is 1. The SMILES string of the molecule is CN(C)C(CNC(=O)C1CCN(S(=O)(=O)c2ccccc2)CC1)c1ccco1. The van der Waals surface area contributed by atoms with Crippen molar-refractivity contribution in [2.24, 2.45) is 5.92 Å². The molecular weight excluding hydrogens is 378 g/mol. The molecule has 1 aliphatic rings. The Bertz CT molecular complexity index is 858. The Balaban J connectivity index is 1.54. The average molecular weight is 406 g/mol. The van der Waals surface area contributed by atoms with Crippen LogP contribution in [0.5, 0.6) is 0 Å². The lowest BCUT2D eigenvalue weighted by atomic mass is 9.97. The zero-order chi connectivity index (χ0) is 20.1. The summed E-state index contributed by atoms with van der Waals surface area (Å²) in [7, 11) is 0.378. The highest BCUT2D eigenvalue weighted by atomic mass is 32.2. The molecule has 0 bridgehead atoms. The van der Waals surface area contributed by atoms with Crippen molar-refractivity contribution in [2.45, 2.75) is 23.8 Å². The molecule has 0 aliphatic carbocycles. The second-order valence-electron chi connectivity index (χ2n) is 7.23. The zero-order valence-electron chi connectivity index (χ0n) is 16.2. The van der Waals surface area contributed by atoms with Crippen LogP contribution in [0.3, 0.4) is 0 Å². The van der Waals surface area contributed by atoms with Gasteiger partial charge in [-0.2, -0.15) is 4.31 Å². The van der Waals surface area contributed by atoms with E-state index < -0.39 is 10.0 Å². The molecule has 0 saturated carbocycles. The molecule has 3 rings (SSSR count). The minimum Gasteiger partial charge on any atom is -0.468 e. The number of rotatable bonds is 7. The standard InChI is InChI=1S/C20H27N3O4S/c1-22(2)18(19-9-6-14-27-19)15-21-20(24)16-10-12-23(13-11-16)28(25,26)17-7-4-3-5-8-17/h3-9,14,16,18H,10-13,15H2,1-2H3,(H,21,24). The minimum absolute atomic E-state index is 0.0323. The van der Waals surface area contributed by atoms with Gasteiger partial charge in [0.1, 0.15) is 5.76 Å². The fourth-order valence-electron chi connectivity index (χ4n) is 3.46. The van der Waals surface area contributed by atoms with E-state index in [0.717, 1.165) is 5.76 Å². The molecule has 1 aromatic heterocycles. The first-order valence-corrected chi connectivity index (χ1v) is 10.9. The quantitative estimate of drug-likeness (QED) is 0.763. The van der Waals surface area contributed by atoms with E-state index in [1.807, 2.05) is 31.1 Å². The smallest absolute Gasteiger partial charge is 0.243 e. The van der Waals surface area contributed by atoms with Gasteiger partial charge >= 0.3 is 0 Å². The van der Waals surface area contributed by atoms with Crippen LogP contribution in [0.4, 0.5) is 0 Å². The minimum atomic E-state index is -3.50.